The van der Waals surface area contributed by atoms with E-state index in [0.717, 1.165) is 24.1 Å². The molecule has 0 saturated heterocycles. The molecule has 2 aromatic heterocycles. The minimum atomic E-state index is 0.511. The van der Waals surface area contributed by atoms with Crippen molar-refractivity contribution in [3.05, 3.63) is 53.5 Å². The van der Waals surface area contributed by atoms with E-state index in [0.29, 0.717) is 19.0 Å². The van der Waals surface area contributed by atoms with Gasteiger partial charge in [-0.3, -0.25) is 4.98 Å². The molecule has 0 unspecified atom stereocenters. The third-order valence-electron chi connectivity index (χ3n) is 2.83. The molecule has 2 rings (SSSR count). The van der Waals surface area contributed by atoms with Crippen molar-refractivity contribution in [2.75, 3.05) is 6.61 Å². The number of hydrogen-bond acceptors (Lipinski definition) is 4. The van der Waals surface area contributed by atoms with E-state index in [1.165, 1.54) is 5.56 Å². The summed E-state index contributed by atoms with van der Waals surface area (Å²) in [4.78, 5) is 8.34. The largest absolute Gasteiger partial charge is 0.478 e. The van der Waals surface area contributed by atoms with E-state index < -0.39 is 0 Å². The van der Waals surface area contributed by atoms with Gasteiger partial charge < -0.3 is 10.5 Å². The fraction of sp³-hybridized carbons (Fsp3) is 0.333. The van der Waals surface area contributed by atoms with Crippen LogP contribution in [0.25, 0.3) is 0 Å². The number of hydrogen-bond donors (Lipinski definition) is 1. The Morgan fingerprint density at radius 1 is 1.16 bits per heavy atom. The van der Waals surface area contributed by atoms with Crippen LogP contribution in [0.15, 0.2) is 36.7 Å². The smallest absolute Gasteiger partial charge is 0.213 e. The molecule has 0 aromatic carbocycles. The van der Waals surface area contributed by atoms with E-state index in [2.05, 4.69) is 9.97 Å². The first kappa shape index (κ1) is 13.5. The van der Waals surface area contributed by atoms with Crippen LogP contribution in [0.1, 0.15) is 23.2 Å². The standard InChI is InChI=1S/C15H19N3O/c1-12-9-14(11-16)10-15(18-12)19-8-2-3-13-4-6-17-7-5-13/h4-7,9-10H,2-3,8,11,16H2,1H3. The Kier molecular flexibility index (Phi) is 4.86. The zero-order valence-corrected chi connectivity index (χ0v) is 11.2. The molecule has 0 aliphatic heterocycles. The molecule has 2 aromatic rings. The number of nitrogens with two attached hydrogens (primary N) is 1. The van der Waals surface area contributed by atoms with Crippen molar-refractivity contribution in [2.24, 2.45) is 5.73 Å². The first-order chi connectivity index (χ1) is 9.28. The van der Waals surface area contributed by atoms with Gasteiger partial charge in [-0.05, 0) is 49.1 Å². The number of nitrogens with zero attached hydrogens (tertiary/aromatic N) is 2. The molecule has 2 heterocycles. The van der Waals surface area contributed by atoms with Crippen molar-refractivity contribution in [1.29, 1.82) is 0 Å². The lowest BCUT2D eigenvalue weighted by Crippen LogP contribution is -2.04. The zero-order valence-electron chi connectivity index (χ0n) is 11.2. The predicted octanol–water partition coefficient (Wildman–Crippen LogP) is 2.26. The molecular weight excluding hydrogens is 238 g/mol. The third kappa shape index (κ3) is 4.34. The lowest BCUT2D eigenvalue weighted by atomic mass is 10.1. The molecule has 0 saturated carbocycles. The second-order valence-electron chi connectivity index (χ2n) is 4.47. The van der Waals surface area contributed by atoms with Gasteiger partial charge in [0, 0.05) is 30.7 Å². The van der Waals surface area contributed by atoms with E-state index in [4.69, 9.17) is 10.5 Å². The summed E-state index contributed by atoms with van der Waals surface area (Å²) < 4.78 is 5.67. The van der Waals surface area contributed by atoms with Crippen LogP contribution in [0, 0.1) is 6.92 Å². The Morgan fingerprint density at radius 2 is 1.95 bits per heavy atom. The van der Waals surface area contributed by atoms with Crippen molar-refractivity contribution in [3.63, 3.8) is 0 Å². The molecule has 0 amide bonds. The number of ether oxygens (including phenoxy) is 1. The van der Waals surface area contributed by atoms with Crippen LogP contribution in [-0.2, 0) is 13.0 Å². The second kappa shape index (κ2) is 6.85. The van der Waals surface area contributed by atoms with Crippen LogP contribution in [0.4, 0.5) is 0 Å². The summed E-state index contributed by atoms with van der Waals surface area (Å²) in [5.41, 5.74) is 8.90. The Labute approximate surface area is 113 Å². The van der Waals surface area contributed by atoms with Gasteiger partial charge in [-0.15, -0.1) is 0 Å². The van der Waals surface area contributed by atoms with Crippen LogP contribution >= 0.6 is 0 Å². The molecule has 0 aliphatic carbocycles. The highest BCUT2D eigenvalue weighted by atomic mass is 16.5. The summed E-state index contributed by atoms with van der Waals surface area (Å²) >= 11 is 0. The second-order valence-corrected chi connectivity index (χ2v) is 4.47. The third-order valence-corrected chi connectivity index (χ3v) is 2.83. The van der Waals surface area contributed by atoms with E-state index in [-0.39, 0.29) is 0 Å². The number of aryl methyl sites for hydroxylation is 2. The molecule has 0 atom stereocenters. The lowest BCUT2D eigenvalue weighted by molar-refractivity contribution is 0.298. The van der Waals surface area contributed by atoms with Gasteiger partial charge in [-0.1, -0.05) is 0 Å². The van der Waals surface area contributed by atoms with Crippen molar-refractivity contribution in [3.8, 4) is 5.88 Å². The highest BCUT2D eigenvalue weighted by Crippen LogP contribution is 2.12. The number of pyridine rings is 2. The fourth-order valence-electron chi connectivity index (χ4n) is 1.90. The van der Waals surface area contributed by atoms with Crippen LogP contribution < -0.4 is 10.5 Å². The molecule has 0 bridgehead atoms. The minimum absolute atomic E-state index is 0.511. The normalized spacial score (nSPS) is 10.4. The van der Waals surface area contributed by atoms with Crippen molar-refractivity contribution >= 4 is 0 Å². The summed E-state index contributed by atoms with van der Waals surface area (Å²) in [5.74, 6) is 0.662. The molecule has 4 heteroatoms. The Balaban J connectivity index is 1.81. The van der Waals surface area contributed by atoms with E-state index in [1.807, 2.05) is 43.6 Å². The maximum Gasteiger partial charge on any atom is 0.213 e. The Morgan fingerprint density at radius 3 is 2.68 bits per heavy atom. The Hall–Kier alpha value is -1.94. The van der Waals surface area contributed by atoms with Crippen LogP contribution in [0.3, 0.4) is 0 Å². The van der Waals surface area contributed by atoms with Gasteiger partial charge in [0.25, 0.3) is 0 Å². The summed E-state index contributed by atoms with van der Waals surface area (Å²) in [5, 5.41) is 0. The van der Waals surface area contributed by atoms with Gasteiger partial charge in [-0.25, -0.2) is 4.98 Å². The highest BCUT2D eigenvalue weighted by molar-refractivity contribution is 5.24. The maximum atomic E-state index is 5.67. The molecule has 2 N–H and O–H groups in total. The zero-order chi connectivity index (χ0) is 13.5. The molecule has 0 spiro atoms. The van der Waals surface area contributed by atoms with E-state index in [9.17, 15) is 0 Å². The average molecular weight is 257 g/mol. The minimum Gasteiger partial charge on any atom is -0.478 e. The molecule has 19 heavy (non-hydrogen) atoms. The number of aromatic nitrogens is 2. The quantitative estimate of drug-likeness (QED) is 0.806. The van der Waals surface area contributed by atoms with Gasteiger partial charge in [0.15, 0.2) is 0 Å². The van der Waals surface area contributed by atoms with Gasteiger partial charge in [0.05, 0.1) is 6.61 Å². The van der Waals surface area contributed by atoms with Crippen molar-refractivity contribution < 1.29 is 4.74 Å². The monoisotopic (exact) mass is 257 g/mol. The fourth-order valence-corrected chi connectivity index (χ4v) is 1.90. The maximum absolute atomic E-state index is 5.67. The van der Waals surface area contributed by atoms with Crippen LogP contribution in [-0.4, -0.2) is 16.6 Å². The summed E-state index contributed by atoms with van der Waals surface area (Å²) in [7, 11) is 0. The van der Waals surface area contributed by atoms with Gasteiger partial charge >= 0.3 is 0 Å². The molecular formula is C15H19N3O. The highest BCUT2D eigenvalue weighted by Gasteiger charge is 2.00. The molecule has 0 fully saturated rings. The lowest BCUT2D eigenvalue weighted by Gasteiger charge is -2.08. The van der Waals surface area contributed by atoms with Gasteiger partial charge in [0.1, 0.15) is 0 Å². The van der Waals surface area contributed by atoms with Crippen molar-refractivity contribution in [1.82, 2.24) is 9.97 Å². The van der Waals surface area contributed by atoms with Crippen LogP contribution in [0.2, 0.25) is 0 Å². The molecule has 100 valence electrons. The predicted molar refractivity (Wildman–Crippen MR) is 74.9 cm³/mol. The van der Waals surface area contributed by atoms with Gasteiger partial charge in [0.2, 0.25) is 5.88 Å². The Bertz CT molecular complexity index is 514. The SMILES string of the molecule is Cc1cc(CN)cc(OCCCc2ccncc2)n1. The van der Waals surface area contributed by atoms with E-state index in [1.54, 1.807) is 0 Å². The van der Waals surface area contributed by atoms with Crippen molar-refractivity contribution in [2.45, 2.75) is 26.3 Å². The topological polar surface area (TPSA) is 61.0 Å². The summed E-state index contributed by atoms with van der Waals surface area (Å²) in [6.07, 6.45) is 5.56. The molecule has 0 radical (unpaired) electrons. The summed E-state index contributed by atoms with van der Waals surface area (Å²) in [6, 6.07) is 7.93. The summed E-state index contributed by atoms with van der Waals surface area (Å²) in [6.45, 7) is 3.11. The molecule has 0 aliphatic rings. The average Bonchev–Trinajstić information content (AvgIpc) is 2.44. The molecule has 4 nitrogen and oxygen atoms in total. The van der Waals surface area contributed by atoms with Gasteiger partial charge in [-0.2, -0.15) is 0 Å². The first-order valence-electron chi connectivity index (χ1n) is 6.47. The van der Waals surface area contributed by atoms with E-state index >= 15 is 0 Å². The van der Waals surface area contributed by atoms with Crippen LogP contribution in [0.5, 0.6) is 5.88 Å². The first-order valence-corrected chi connectivity index (χ1v) is 6.47. The number of rotatable bonds is 6.